The molecule has 9 aromatic rings. The Balaban J connectivity index is 0.978. The summed E-state index contributed by atoms with van der Waals surface area (Å²) in [5.41, 5.74) is 16.5. The van der Waals surface area contributed by atoms with Crippen molar-refractivity contribution in [3.05, 3.63) is 217 Å². The Kier molecular flexibility index (Phi) is 7.03. The minimum Gasteiger partial charge on any atom is -0.334 e. The summed E-state index contributed by atoms with van der Waals surface area (Å²) in [6, 6.07) is 51.9. The summed E-state index contributed by atoms with van der Waals surface area (Å²) in [6.45, 7) is 0. The van der Waals surface area contributed by atoms with E-state index in [1.165, 1.54) is 84.1 Å². The molecule has 5 nitrogen and oxygen atoms in total. The van der Waals surface area contributed by atoms with Gasteiger partial charge in [0, 0.05) is 76.5 Å². The number of allylic oxidation sites excluding steroid dienone is 1. The van der Waals surface area contributed by atoms with E-state index in [0.717, 1.165) is 17.7 Å². The first-order valence-electron chi connectivity index (χ1n) is 19.9. The van der Waals surface area contributed by atoms with E-state index in [0.29, 0.717) is 12.0 Å². The van der Waals surface area contributed by atoms with E-state index in [4.69, 9.17) is 0 Å². The fourth-order valence-corrected chi connectivity index (χ4v) is 10.4. The summed E-state index contributed by atoms with van der Waals surface area (Å²) < 4.78 is 2.42. The van der Waals surface area contributed by atoms with Crippen LogP contribution >= 0.6 is 0 Å². The quantitative estimate of drug-likeness (QED) is 0.165. The third-order valence-electron chi connectivity index (χ3n) is 12.8. The van der Waals surface area contributed by atoms with Gasteiger partial charge < -0.3 is 9.47 Å². The first-order chi connectivity index (χ1) is 28.3. The van der Waals surface area contributed by atoms with Crippen LogP contribution < -0.4 is 4.90 Å². The Hall–Kier alpha value is -7.11. The van der Waals surface area contributed by atoms with E-state index >= 15 is 0 Å². The molecule has 0 radical (unpaired) electrons. The number of aromatic nitrogens is 4. The van der Waals surface area contributed by atoms with Gasteiger partial charge in [0.2, 0.25) is 0 Å². The molecule has 0 saturated carbocycles. The highest BCUT2D eigenvalue weighted by atomic mass is 15.2. The maximum atomic E-state index is 4.67. The van der Waals surface area contributed by atoms with Crippen LogP contribution in [0.25, 0.3) is 49.7 Å². The lowest BCUT2D eigenvalue weighted by Crippen LogP contribution is -2.29. The molecule has 5 heteroatoms. The largest absolute Gasteiger partial charge is 0.334 e. The average molecular weight is 732 g/mol. The molecule has 270 valence electrons. The standard InChI is InChI=1S/C52H37N5/c1-4-10-48-40(7-1)41-8-2-5-11-49(41)56(48)38-17-13-34(14-18-38)35-15-19-39(20-16-35)57-50-12-6-3-9-42(50)44-31-47-43(32-51(44)57)45-33-55-30-25-46(45)52(47,36-21-26-53-27-22-36)37-23-28-54-29-24-37/h1,3-7,9-33,41,49H,2,8H2. The third-order valence-corrected chi connectivity index (χ3v) is 12.8. The van der Waals surface area contributed by atoms with Crippen molar-refractivity contribution in [1.29, 1.82) is 0 Å². The molecule has 0 spiro atoms. The maximum Gasteiger partial charge on any atom is 0.0717 e. The van der Waals surface area contributed by atoms with Crippen LogP contribution in [0.3, 0.4) is 0 Å². The summed E-state index contributed by atoms with van der Waals surface area (Å²) in [5.74, 6) is 0.553. The lowest BCUT2D eigenvalue weighted by molar-refractivity contribution is 0.573. The van der Waals surface area contributed by atoms with E-state index in [9.17, 15) is 0 Å². The van der Waals surface area contributed by atoms with Gasteiger partial charge in [-0.15, -0.1) is 0 Å². The molecule has 0 N–H and O–H groups in total. The van der Waals surface area contributed by atoms with E-state index in [2.05, 4.69) is 176 Å². The Morgan fingerprint density at radius 2 is 1.21 bits per heavy atom. The van der Waals surface area contributed by atoms with E-state index in [1.807, 2.05) is 37.2 Å². The topological polar surface area (TPSA) is 46.8 Å². The van der Waals surface area contributed by atoms with Crippen molar-refractivity contribution in [2.75, 3.05) is 4.90 Å². The highest BCUT2D eigenvalue weighted by molar-refractivity contribution is 6.12. The van der Waals surface area contributed by atoms with Crippen LogP contribution in [0.15, 0.2) is 189 Å². The van der Waals surface area contributed by atoms with E-state index in [1.54, 1.807) is 0 Å². The summed E-state index contributed by atoms with van der Waals surface area (Å²) in [6.07, 6.45) is 18.7. The van der Waals surface area contributed by atoms with Crippen molar-refractivity contribution < 1.29 is 0 Å². The van der Waals surface area contributed by atoms with Gasteiger partial charge in [-0.3, -0.25) is 15.0 Å². The summed E-state index contributed by atoms with van der Waals surface area (Å²) >= 11 is 0. The van der Waals surface area contributed by atoms with Crippen molar-refractivity contribution in [1.82, 2.24) is 19.5 Å². The second kappa shape index (κ2) is 12.5. The molecule has 1 aliphatic heterocycles. The second-order valence-electron chi connectivity index (χ2n) is 15.5. The first kappa shape index (κ1) is 32.2. The molecule has 2 atom stereocenters. The lowest BCUT2D eigenvalue weighted by Gasteiger charge is -2.33. The minimum absolute atomic E-state index is 0.376. The Morgan fingerprint density at radius 3 is 1.96 bits per heavy atom. The number of benzene rings is 5. The number of nitrogens with zero attached hydrogens (tertiary/aromatic N) is 5. The predicted octanol–water partition coefficient (Wildman–Crippen LogP) is 12.0. The molecule has 0 saturated heterocycles. The molecule has 4 aromatic heterocycles. The minimum atomic E-state index is -0.555. The zero-order valence-electron chi connectivity index (χ0n) is 31.2. The molecule has 5 aromatic carbocycles. The number of anilines is 2. The molecular weight excluding hydrogens is 695 g/mol. The summed E-state index contributed by atoms with van der Waals surface area (Å²) in [7, 11) is 0. The van der Waals surface area contributed by atoms with Crippen molar-refractivity contribution >= 4 is 33.2 Å². The molecule has 0 amide bonds. The average Bonchev–Trinajstić information content (AvgIpc) is 3.90. The molecule has 12 rings (SSSR count). The number of hydrogen-bond donors (Lipinski definition) is 0. The van der Waals surface area contributed by atoms with Crippen molar-refractivity contribution in [3.8, 4) is 27.9 Å². The molecule has 57 heavy (non-hydrogen) atoms. The van der Waals surface area contributed by atoms with Gasteiger partial charge in [0.1, 0.15) is 0 Å². The van der Waals surface area contributed by atoms with Gasteiger partial charge in [-0.05, 0) is 136 Å². The van der Waals surface area contributed by atoms with Crippen LogP contribution in [0.5, 0.6) is 0 Å². The smallest absolute Gasteiger partial charge is 0.0717 e. The summed E-state index contributed by atoms with van der Waals surface area (Å²) in [5, 5.41) is 2.44. The third kappa shape index (κ3) is 4.60. The number of fused-ring (bicyclic) bond motifs is 9. The lowest BCUT2D eigenvalue weighted by atomic mass is 9.68. The zero-order valence-corrected chi connectivity index (χ0v) is 31.2. The highest BCUT2D eigenvalue weighted by Gasteiger charge is 2.47. The Bertz CT molecular complexity index is 2980. The number of rotatable bonds is 5. The second-order valence-corrected chi connectivity index (χ2v) is 15.5. The number of para-hydroxylation sites is 2. The van der Waals surface area contributed by atoms with Crippen molar-refractivity contribution in [2.45, 2.75) is 30.2 Å². The van der Waals surface area contributed by atoms with Gasteiger partial charge in [0.05, 0.1) is 22.5 Å². The molecule has 0 bridgehead atoms. The fraction of sp³-hybridized carbons (Fsp3) is 0.0962. The monoisotopic (exact) mass is 731 g/mol. The molecule has 2 unspecified atom stereocenters. The molecule has 0 fully saturated rings. The Morgan fingerprint density at radius 1 is 0.544 bits per heavy atom. The first-order valence-corrected chi connectivity index (χ1v) is 19.9. The van der Waals surface area contributed by atoms with Crippen molar-refractivity contribution in [3.63, 3.8) is 0 Å². The Labute approximate surface area is 331 Å². The van der Waals surface area contributed by atoms with Crippen LogP contribution in [0.1, 0.15) is 46.6 Å². The normalized spacial score (nSPS) is 17.4. The van der Waals surface area contributed by atoms with Crippen LogP contribution in [0.2, 0.25) is 0 Å². The van der Waals surface area contributed by atoms with Gasteiger partial charge >= 0.3 is 0 Å². The van der Waals surface area contributed by atoms with Crippen molar-refractivity contribution in [2.24, 2.45) is 0 Å². The van der Waals surface area contributed by atoms with Crippen LogP contribution in [-0.4, -0.2) is 25.6 Å². The molecule has 3 aliphatic rings. The number of hydrogen-bond acceptors (Lipinski definition) is 4. The predicted molar refractivity (Wildman–Crippen MR) is 230 cm³/mol. The molecule has 5 heterocycles. The van der Waals surface area contributed by atoms with Gasteiger partial charge in [0.15, 0.2) is 0 Å². The van der Waals surface area contributed by atoms with Crippen LogP contribution in [0.4, 0.5) is 11.4 Å². The maximum absolute atomic E-state index is 4.67. The SMILES string of the molecule is C1=CC2C(CC1)c1ccccc1N2c1ccc(-c2ccc(-n3c4ccccc4c4cc5c(cc43)-c3cnccc3C5(c3ccncc3)c3ccncc3)cc2)cc1. The van der Waals surface area contributed by atoms with E-state index < -0.39 is 5.41 Å². The molecular formula is C52H37N5. The van der Waals surface area contributed by atoms with Gasteiger partial charge in [-0.25, -0.2) is 0 Å². The fourth-order valence-electron chi connectivity index (χ4n) is 10.4. The number of pyridine rings is 3. The van der Waals surface area contributed by atoms with Crippen LogP contribution in [-0.2, 0) is 5.41 Å². The van der Waals surface area contributed by atoms with Gasteiger partial charge in [0.25, 0.3) is 0 Å². The van der Waals surface area contributed by atoms with E-state index in [-0.39, 0.29) is 0 Å². The molecule has 2 aliphatic carbocycles. The van der Waals surface area contributed by atoms with Crippen LogP contribution in [0, 0.1) is 0 Å². The highest BCUT2D eigenvalue weighted by Crippen LogP contribution is 2.57. The summed E-state index contributed by atoms with van der Waals surface area (Å²) in [4.78, 5) is 16.0. The van der Waals surface area contributed by atoms with Gasteiger partial charge in [-0.1, -0.05) is 72.8 Å². The zero-order chi connectivity index (χ0) is 37.5. The van der Waals surface area contributed by atoms with Gasteiger partial charge in [-0.2, -0.15) is 0 Å².